The van der Waals surface area contributed by atoms with Crippen molar-refractivity contribution >= 4 is 22.7 Å². The van der Waals surface area contributed by atoms with Crippen LogP contribution in [0.25, 0.3) is 10.9 Å². The fraction of sp³-hybridized carbons (Fsp3) is 0.500. The Hall–Kier alpha value is -0.930. The number of benzene rings is 1. The Balaban J connectivity index is 2.19. The van der Waals surface area contributed by atoms with Crippen molar-refractivity contribution in [3.05, 3.63) is 29.8 Å². The quantitative estimate of drug-likeness (QED) is 0.914. The van der Waals surface area contributed by atoms with Crippen molar-refractivity contribution < 1.29 is 0 Å². The molecule has 3 rings (SSSR count). The number of aromatic nitrogens is 1. The minimum atomic E-state index is 0.545. The maximum absolute atomic E-state index is 6.00. The lowest BCUT2D eigenvalue weighted by Crippen LogP contribution is -2.17. The van der Waals surface area contributed by atoms with Crippen molar-refractivity contribution in [2.75, 3.05) is 12.3 Å². The van der Waals surface area contributed by atoms with Crippen molar-refractivity contribution in [3.8, 4) is 0 Å². The molecule has 2 N–H and O–H groups in total. The van der Waals surface area contributed by atoms with Gasteiger partial charge in [0, 0.05) is 29.1 Å². The largest absolute Gasteiger partial charge is 0.335 e. The predicted octanol–water partition coefficient (Wildman–Crippen LogP) is 3.98. The molecule has 0 saturated heterocycles. The molecule has 1 aliphatic heterocycles. The molecular formula is C16H22N2S. The topological polar surface area (TPSA) is 30.9 Å². The highest BCUT2D eigenvalue weighted by Crippen LogP contribution is 2.43. The lowest BCUT2D eigenvalue weighted by molar-refractivity contribution is 0.586. The zero-order valence-electron chi connectivity index (χ0n) is 11.6. The molecule has 0 radical (unpaired) electrons. The van der Waals surface area contributed by atoms with E-state index in [-0.39, 0.29) is 0 Å². The fourth-order valence-corrected chi connectivity index (χ4v) is 4.45. The first-order valence-electron chi connectivity index (χ1n) is 7.30. The van der Waals surface area contributed by atoms with Gasteiger partial charge in [-0.2, -0.15) is 0 Å². The molecule has 0 spiro atoms. The third kappa shape index (κ3) is 2.19. The molecule has 0 bridgehead atoms. The van der Waals surface area contributed by atoms with Crippen LogP contribution in [0.5, 0.6) is 0 Å². The Labute approximate surface area is 119 Å². The summed E-state index contributed by atoms with van der Waals surface area (Å²) in [6.45, 7) is 4.17. The van der Waals surface area contributed by atoms with Crippen molar-refractivity contribution in [2.45, 2.75) is 43.7 Å². The Bertz CT molecular complexity index is 573. The van der Waals surface area contributed by atoms with E-state index >= 15 is 0 Å². The van der Waals surface area contributed by atoms with Gasteiger partial charge in [0.25, 0.3) is 0 Å². The number of aryl methyl sites for hydroxylation is 1. The Morgan fingerprint density at radius 2 is 2.21 bits per heavy atom. The lowest BCUT2D eigenvalue weighted by Gasteiger charge is -2.22. The van der Waals surface area contributed by atoms with Crippen LogP contribution in [0.1, 0.15) is 37.7 Å². The number of fused-ring (bicyclic) bond motifs is 3. The zero-order chi connectivity index (χ0) is 13.2. The van der Waals surface area contributed by atoms with Crippen molar-refractivity contribution in [2.24, 2.45) is 5.73 Å². The maximum Gasteiger partial charge on any atom is 0.0795 e. The van der Waals surface area contributed by atoms with E-state index in [0.29, 0.717) is 5.92 Å². The van der Waals surface area contributed by atoms with Crippen molar-refractivity contribution in [3.63, 3.8) is 0 Å². The zero-order valence-corrected chi connectivity index (χ0v) is 12.4. The summed E-state index contributed by atoms with van der Waals surface area (Å²) in [5.41, 5.74) is 8.92. The molecular weight excluding hydrogens is 252 g/mol. The highest BCUT2D eigenvalue weighted by Gasteiger charge is 2.26. The molecule has 0 saturated carbocycles. The van der Waals surface area contributed by atoms with Crippen molar-refractivity contribution in [1.29, 1.82) is 0 Å². The number of nitrogens with two attached hydrogens (primary N) is 1. The minimum Gasteiger partial charge on any atom is -0.335 e. The Kier molecular flexibility index (Phi) is 3.85. The van der Waals surface area contributed by atoms with Gasteiger partial charge in [0.05, 0.1) is 5.03 Å². The molecule has 1 aromatic heterocycles. The van der Waals surface area contributed by atoms with Gasteiger partial charge in [-0.15, -0.1) is 11.8 Å². The average molecular weight is 274 g/mol. The van der Waals surface area contributed by atoms with Crippen LogP contribution in [0.4, 0.5) is 0 Å². The molecule has 3 heteroatoms. The molecule has 1 atom stereocenters. The third-order valence-electron chi connectivity index (χ3n) is 4.09. The fourth-order valence-electron chi connectivity index (χ4n) is 3.07. The van der Waals surface area contributed by atoms with E-state index in [1.54, 1.807) is 0 Å². The van der Waals surface area contributed by atoms with Crippen LogP contribution in [0.3, 0.4) is 0 Å². The van der Waals surface area contributed by atoms with Crippen LogP contribution in [0.15, 0.2) is 29.3 Å². The number of nitrogens with zero attached hydrogens (tertiary/aromatic N) is 1. The first-order valence-corrected chi connectivity index (χ1v) is 8.29. The first kappa shape index (κ1) is 13.1. The van der Waals surface area contributed by atoms with E-state index in [0.717, 1.165) is 13.1 Å². The summed E-state index contributed by atoms with van der Waals surface area (Å²) < 4.78 is 2.53. The van der Waals surface area contributed by atoms with Crippen LogP contribution in [-0.2, 0) is 6.54 Å². The van der Waals surface area contributed by atoms with Crippen LogP contribution in [-0.4, -0.2) is 16.9 Å². The third-order valence-corrected chi connectivity index (χ3v) is 5.25. The normalized spacial score (nSPS) is 18.7. The van der Waals surface area contributed by atoms with Gasteiger partial charge in [0.2, 0.25) is 0 Å². The second kappa shape index (κ2) is 5.59. The maximum atomic E-state index is 6.00. The van der Waals surface area contributed by atoms with Gasteiger partial charge in [-0.25, -0.2) is 0 Å². The SMILES string of the molecule is CCCCn1c2c(c3ccccc31)C(CN)CCS2. The second-order valence-corrected chi connectivity index (χ2v) is 6.39. The summed E-state index contributed by atoms with van der Waals surface area (Å²) in [4.78, 5) is 0. The minimum absolute atomic E-state index is 0.545. The Morgan fingerprint density at radius 3 is 3.00 bits per heavy atom. The number of rotatable bonds is 4. The molecule has 19 heavy (non-hydrogen) atoms. The molecule has 0 fully saturated rings. The van der Waals surface area contributed by atoms with E-state index in [1.807, 2.05) is 11.8 Å². The molecule has 2 heterocycles. The van der Waals surface area contributed by atoms with E-state index in [4.69, 9.17) is 5.73 Å². The molecule has 1 aliphatic rings. The molecule has 0 aliphatic carbocycles. The number of thioether (sulfide) groups is 1. The molecule has 2 nitrogen and oxygen atoms in total. The first-order chi connectivity index (χ1) is 9.36. The smallest absolute Gasteiger partial charge is 0.0795 e. The second-order valence-electron chi connectivity index (χ2n) is 5.31. The standard InChI is InChI=1S/C16H22N2S/c1-2-3-9-18-14-7-5-4-6-13(14)15-12(11-17)8-10-19-16(15)18/h4-7,12H,2-3,8-11,17H2,1H3. The van der Waals surface area contributed by atoms with Gasteiger partial charge in [-0.1, -0.05) is 31.5 Å². The van der Waals surface area contributed by atoms with Crippen molar-refractivity contribution in [1.82, 2.24) is 4.57 Å². The van der Waals surface area contributed by atoms with Gasteiger partial charge in [-0.3, -0.25) is 0 Å². The summed E-state index contributed by atoms with van der Waals surface area (Å²) in [7, 11) is 0. The van der Waals surface area contributed by atoms with Gasteiger partial charge < -0.3 is 10.3 Å². The number of para-hydroxylation sites is 1. The van der Waals surface area contributed by atoms with E-state index in [1.165, 1.54) is 46.5 Å². The Morgan fingerprint density at radius 1 is 1.37 bits per heavy atom. The van der Waals surface area contributed by atoms with E-state index < -0.39 is 0 Å². The molecule has 1 aromatic carbocycles. The lowest BCUT2D eigenvalue weighted by atomic mass is 9.96. The monoisotopic (exact) mass is 274 g/mol. The predicted molar refractivity (Wildman–Crippen MR) is 84.0 cm³/mol. The van der Waals surface area contributed by atoms with Gasteiger partial charge in [0.15, 0.2) is 0 Å². The average Bonchev–Trinajstić information content (AvgIpc) is 2.79. The summed E-state index contributed by atoms with van der Waals surface area (Å²) in [5.74, 6) is 1.75. The number of unbranched alkanes of at least 4 members (excludes halogenated alkanes) is 1. The number of hydrogen-bond acceptors (Lipinski definition) is 2. The summed E-state index contributed by atoms with van der Waals surface area (Å²) in [6, 6.07) is 8.83. The van der Waals surface area contributed by atoms with E-state index in [9.17, 15) is 0 Å². The molecule has 102 valence electrons. The van der Waals surface area contributed by atoms with Crippen LogP contribution >= 0.6 is 11.8 Å². The highest BCUT2D eigenvalue weighted by atomic mass is 32.2. The van der Waals surface area contributed by atoms with Gasteiger partial charge >= 0.3 is 0 Å². The van der Waals surface area contributed by atoms with Crippen LogP contribution in [0, 0.1) is 0 Å². The highest BCUT2D eigenvalue weighted by molar-refractivity contribution is 7.99. The summed E-state index contributed by atoms with van der Waals surface area (Å²) in [5, 5.41) is 2.91. The van der Waals surface area contributed by atoms with Gasteiger partial charge in [0.1, 0.15) is 0 Å². The van der Waals surface area contributed by atoms with E-state index in [2.05, 4.69) is 35.8 Å². The van der Waals surface area contributed by atoms with Crippen LogP contribution in [0.2, 0.25) is 0 Å². The summed E-state index contributed by atoms with van der Waals surface area (Å²) in [6.07, 6.45) is 3.71. The summed E-state index contributed by atoms with van der Waals surface area (Å²) >= 11 is 2.02. The molecule has 0 amide bonds. The number of hydrogen-bond donors (Lipinski definition) is 1. The molecule has 1 unspecified atom stereocenters. The van der Waals surface area contributed by atoms with Crippen LogP contribution < -0.4 is 5.73 Å². The van der Waals surface area contributed by atoms with Gasteiger partial charge in [-0.05, 0) is 31.0 Å². The molecule has 2 aromatic rings.